The van der Waals surface area contributed by atoms with Gasteiger partial charge in [0.15, 0.2) is 0 Å². The summed E-state index contributed by atoms with van der Waals surface area (Å²) in [5.74, 6) is -0.462. The fraction of sp³-hybridized carbons (Fsp3) is 0.200. The summed E-state index contributed by atoms with van der Waals surface area (Å²) in [7, 11) is -3.70. The van der Waals surface area contributed by atoms with Crippen LogP contribution in [0.2, 0.25) is 0 Å². The van der Waals surface area contributed by atoms with Crippen LogP contribution in [0.1, 0.15) is 12.5 Å². The molecule has 2 aromatic carbocycles. The van der Waals surface area contributed by atoms with Gasteiger partial charge in [0.1, 0.15) is 5.82 Å². The van der Waals surface area contributed by atoms with Crippen molar-refractivity contribution in [3.8, 4) is 0 Å². The van der Waals surface area contributed by atoms with Gasteiger partial charge in [-0.2, -0.15) is 0 Å². The molecule has 0 heterocycles. The van der Waals surface area contributed by atoms with Crippen LogP contribution < -0.4 is 4.31 Å². The first kappa shape index (κ1) is 16.0. The molecule has 6 heteroatoms. The van der Waals surface area contributed by atoms with Gasteiger partial charge in [-0.05, 0) is 61.9 Å². The molecule has 0 saturated carbocycles. The molecule has 0 spiro atoms. The van der Waals surface area contributed by atoms with Crippen LogP contribution in [0.5, 0.6) is 0 Å². The third-order valence-electron chi connectivity index (χ3n) is 3.12. The second kappa shape index (κ2) is 6.15. The highest BCUT2D eigenvalue weighted by Crippen LogP contribution is 2.27. The zero-order valence-electron chi connectivity index (χ0n) is 11.7. The standard InChI is InChI=1S/C15H15BrFNO2S/c1-3-18(13-6-9-15(16)11(2)10-13)21(19,20)14-7-4-12(17)5-8-14/h4-10H,3H2,1-2H3. The minimum atomic E-state index is -3.70. The molecule has 0 atom stereocenters. The Morgan fingerprint density at radius 1 is 1.14 bits per heavy atom. The highest BCUT2D eigenvalue weighted by molar-refractivity contribution is 9.10. The monoisotopic (exact) mass is 371 g/mol. The van der Waals surface area contributed by atoms with Crippen LogP contribution in [-0.2, 0) is 10.0 Å². The molecular formula is C15H15BrFNO2S. The van der Waals surface area contributed by atoms with Gasteiger partial charge >= 0.3 is 0 Å². The van der Waals surface area contributed by atoms with E-state index in [0.717, 1.165) is 22.2 Å². The zero-order chi connectivity index (χ0) is 15.6. The molecule has 0 aliphatic carbocycles. The number of rotatable bonds is 4. The third kappa shape index (κ3) is 3.27. The van der Waals surface area contributed by atoms with E-state index in [0.29, 0.717) is 12.2 Å². The van der Waals surface area contributed by atoms with Crippen LogP contribution in [0.3, 0.4) is 0 Å². The average Bonchev–Trinajstić information content (AvgIpc) is 2.44. The molecule has 0 aliphatic heterocycles. The smallest absolute Gasteiger partial charge is 0.264 e. The number of benzene rings is 2. The number of hydrogen-bond acceptors (Lipinski definition) is 2. The van der Waals surface area contributed by atoms with Crippen molar-refractivity contribution in [2.24, 2.45) is 0 Å². The van der Waals surface area contributed by atoms with E-state index in [2.05, 4.69) is 15.9 Å². The summed E-state index contributed by atoms with van der Waals surface area (Å²) in [6.07, 6.45) is 0. The number of aryl methyl sites for hydroxylation is 1. The number of sulfonamides is 1. The normalized spacial score (nSPS) is 11.4. The van der Waals surface area contributed by atoms with E-state index >= 15 is 0 Å². The molecule has 0 aliphatic rings. The van der Waals surface area contributed by atoms with E-state index in [9.17, 15) is 12.8 Å². The summed E-state index contributed by atoms with van der Waals surface area (Å²) in [5.41, 5.74) is 1.53. The SMILES string of the molecule is CCN(c1ccc(Br)c(C)c1)S(=O)(=O)c1ccc(F)cc1. The summed E-state index contributed by atoms with van der Waals surface area (Å²) in [5, 5.41) is 0. The summed E-state index contributed by atoms with van der Waals surface area (Å²) in [6, 6.07) is 10.2. The lowest BCUT2D eigenvalue weighted by molar-refractivity contribution is 0.590. The first-order valence-corrected chi connectivity index (χ1v) is 8.64. The van der Waals surface area contributed by atoms with E-state index < -0.39 is 15.8 Å². The number of halogens is 2. The van der Waals surface area contributed by atoms with Gasteiger partial charge in [0, 0.05) is 11.0 Å². The summed E-state index contributed by atoms with van der Waals surface area (Å²) < 4.78 is 40.5. The van der Waals surface area contributed by atoms with Gasteiger partial charge in [-0.3, -0.25) is 4.31 Å². The molecule has 0 saturated heterocycles. The maximum Gasteiger partial charge on any atom is 0.264 e. The Labute approximate surface area is 132 Å². The van der Waals surface area contributed by atoms with Crippen molar-refractivity contribution < 1.29 is 12.8 Å². The van der Waals surface area contributed by atoms with Crippen molar-refractivity contribution in [3.05, 3.63) is 58.3 Å². The summed E-state index contributed by atoms with van der Waals surface area (Å²) >= 11 is 3.39. The van der Waals surface area contributed by atoms with Gasteiger partial charge in [0.2, 0.25) is 0 Å². The third-order valence-corrected chi connectivity index (χ3v) is 5.93. The highest BCUT2D eigenvalue weighted by Gasteiger charge is 2.23. The van der Waals surface area contributed by atoms with Crippen LogP contribution in [0.4, 0.5) is 10.1 Å². The molecule has 0 bridgehead atoms. The van der Waals surface area contributed by atoms with Gasteiger partial charge in [0.05, 0.1) is 10.6 Å². The Kier molecular flexibility index (Phi) is 4.68. The molecule has 2 aromatic rings. The van der Waals surface area contributed by atoms with Gasteiger partial charge in [-0.1, -0.05) is 15.9 Å². The van der Waals surface area contributed by atoms with Crippen molar-refractivity contribution in [2.75, 3.05) is 10.8 Å². The molecular weight excluding hydrogens is 357 g/mol. The summed E-state index contributed by atoms with van der Waals surface area (Å²) in [4.78, 5) is 0.0753. The Bertz CT molecular complexity index is 745. The van der Waals surface area contributed by atoms with Crippen LogP contribution >= 0.6 is 15.9 Å². The first-order valence-electron chi connectivity index (χ1n) is 6.40. The van der Waals surface area contributed by atoms with Crippen LogP contribution in [0, 0.1) is 12.7 Å². The van der Waals surface area contributed by atoms with E-state index in [1.165, 1.54) is 16.4 Å². The van der Waals surface area contributed by atoms with E-state index in [1.54, 1.807) is 19.1 Å². The fourth-order valence-electron chi connectivity index (χ4n) is 2.01. The van der Waals surface area contributed by atoms with Crippen LogP contribution in [0.15, 0.2) is 51.8 Å². The highest BCUT2D eigenvalue weighted by atomic mass is 79.9. The zero-order valence-corrected chi connectivity index (χ0v) is 14.1. The molecule has 0 unspecified atom stereocenters. The largest absolute Gasteiger partial charge is 0.267 e. The minimum absolute atomic E-state index is 0.0753. The lowest BCUT2D eigenvalue weighted by Crippen LogP contribution is -2.30. The van der Waals surface area contributed by atoms with Crippen LogP contribution in [0.25, 0.3) is 0 Å². The Hall–Kier alpha value is -1.40. The maximum absolute atomic E-state index is 13.0. The number of anilines is 1. The molecule has 0 amide bonds. The minimum Gasteiger partial charge on any atom is -0.267 e. The van der Waals surface area contributed by atoms with Gasteiger partial charge in [-0.25, -0.2) is 12.8 Å². The molecule has 3 nitrogen and oxygen atoms in total. The molecule has 0 aromatic heterocycles. The second-order valence-corrected chi connectivity index (χ2v) is 7.27. The maximum atomic E-state index is 13.0. The number of hydrogen-bond donors (Lipinski definition) is 0. The van der Waals surface area contributed by atoms with E-state index in [-0.39, 0.29) is 4.90 Å². The van der Waals surface area contributed by atoms with E-state index in [1.807, 2.05) is 13.0 Å². The van der Waals surface area contributed by atoms with E-state index in [4.69, 9.17) is 0 Å². The molecule has 0 N–H and O–H groups in total. The fourth-order valence-corrected chi connectivity index (χ4v) is 3.72. The molecule has 2 rings (SSSR count). The predicted molar refractivity (Wildman–Crippen MR) is 85.5 cm³/mol. The quantitative estimate of drug-likeness (QED) is 0.810. The van der Waals surface area contributed by atoms with Crippen molar-refractivity contribution >= 4 is 31.6 Å². The topological polar surface area (TPSA) is 37.4 Å². The molecule has 0 radical (unpaired) electrons. The lowest BCUT2D eigenvalue weighted by Gasteiger charge is -2.23. The first-order chi connectivity index (χ1) is 9.86. The van der Waals surface area contributed by atoms with Crippen molar-refractivity contribution in [3.63, 3.8) is 0 Å². The van der Waals surface area contributed by atoms with Crippen molar-refractivity contribution in [2.45, 2.75) is 18.7 Å². The van der Waals surface area contributed by atoms with Gasteiger partial charge in [-0.15, -0.1) is 0 Å². The van der Waals surface area contributed by atoms with Gasteiger partial charge in [0.25, 0.3) is 10.0 Å². The van der Waals surface area contributed by atoms with Crippen molar-refractivity contribution in [1.29, 1.82) is 0 Å². The molecule has 0 fully saturated rings. The Balaban J connectivity index is 2.48. The van der Waals surface area contributed by atoms with Gasteiger partial charge < -0.3 is 0 Å². The average molecular weight is 372 g/mol. The lowest BCUT2D eigenvalue weighted by atomic mass is 10.2. The van der Waals surface area contributed by atoms with Crippen LogP contribution in [-0.4, -0.2) is 15.0 Å². The van der Waals surface area contributed by atoms with Crippen molar-refractivity contribution in [1.82, 2.24) is 0 Å². The number of nitrogens with zero attached hydrogens (tertiary/aromatic N) is 1. The molecule has 21 heavy (non-hydrogen) atoms. The summed E-state index contributed by atoms with van der Waals surface area (Å²) in [6.45, 7) is 3.95. The Morgan fingerprint density at radius 2 is 1.76 bits per heavy atom. The Morgan fingerprint density at radius 3 is 2.29 bits per heavy atom. The second-order valence-electron chi connectivity index (χ2n) is 4.56. The molecule has 112 valence electrons. The predicted octanol–water partition coefficient (Wildman–Crippen LogP) is 4.11.